The maximum atomic E-state index is 14.2. The highest BCUT2D eigenvalue weighted by molar-refractivity contribution is 5.33. The summed E-state index contributed by atoms with van der Waals surface area (Å²) in [7, 11) is 0. The van der Waals surface area contributed by atoms with Crippen molar-refractivity contribution in [2.75, 3.05) is 0 Å². The van der Waals surface area contributed by atoms with E-state index in [4.69, 9.17) is 0 Å². The third-order valence-electron chi connectivity index (χ3n) is 3.75. The summed E-state index contributed by atoms with van der Waals surface area (Å²) in [5.74, 6) is -0.785. The van der Waals surface area contributed by atoms with Crippen LogP contribution < -0.4 is 0 Å². The van der Waals surface area contributed by atoms with Crippen molar-refractivity contribution in [3.05, 3.63) is 34.9 Å². The highest BCUT2D eigenvalue weighted by Gasteiger charge is 2.27. The van der Waals surface area contributed by atoms with Gasteiger partial charge in [-0.2, -0.15) is 0 Å². The molecule has 1 aromatic carbocycles. The Morgan fingerprint density at radius 1 is 1.00 bits per heavy atom. The average molecular weight is 256 g/mol. The molecule has 0 heterocycles. The Hall–Kier alpha value is -0.920. The first-order valence-corrected chi connectivity index (χ1v) is 6.97. The lowest BCUT2D eigenvalue weighted by Gasteiger charge is -2.28. The fraction of sp³-hybridized carbons (Fsp3) is 0.625. The molecule has 0 unspecified atom stereocenters. The molecule has 2 heteroatoms. The lowest BCUT2D eigenvalue weighted by molar-refractivity contribution is 0.409. The molecule has 1 rings (SSSR count). The van der Waals surface area contributed by atoms with Gasteiger partial charge in [-0.25, -0.2) is 8.78 Å². The largest absolute Gasteiger partial charge is 0.207 e. The molecule has 0 aliphatic carbocycles. The Balaban J connectivity index is 0.00000137. The zero-order valence-corrected chi connectivity index (χ0v) is 12.5. The first kappa shape index (κ1) is 17.1. The number of halogens is 2. The van der Waals surface area contributed by atoms with E-state index in [-0.39, 0.29) is 16.8 Å². The molecule has 0 atom stereocenters. The highest BCUT2D eigenvalue weighted by Crippen LogP contribution is 2.34. The summed E-state index contributed by atoms with van der Waals surface area (Å²) >= 11 is 0. The summed E-state index contributed by atoms with van der Waals surface area (Å²) in [4.78, 5) is 0. The van der Waals surface area contributed by atoms with Crippen LogP contribution in [-0.2, 0) is 11.8 Å². The molecule has 0 radical (unpaired) electrons. The van der Waals surface area contributed by atoms with Crippen LogP contribution in [0, 0.1) is 11.6 Å². The number of hydrogen-bond donors (Lipinski definition) is 0. The maximum absolute atomic E-state index is 14.2. The smallest absolute Gasteiger partial charge is 0.133 e. The quantitative estimate of drug-likeness (QED) is 0.654. The fourth-order valence-corrected chi connectivity index (χ4v) is 2.02. The van der Waals surface area contributed by atoms with Crippen LogP contribution in [0.5, 0.6) is 0 Å². The second-order valence-corrected chi connectivity index (χ2v) is 4.51. The minimum atomic E-state index is -0.432. The normalized spacial score (nSPS) is 10.9. The second-order valence-electron chi connectivity index (χ2n) is 4.51. The molecule has 0 N–H and O–H groups in total. The second kappa shape index (κ2) is 7.50. The number of rotatable bonds is 4. The van der Waals surface area contributed by atoms with E-state index in [1.165, 1.54) is 6.07 Å². The predicted octanol–water partition coefficient (Wildman–Crippen LogP) is 5.63. The Labute approximate surface area is 110 Å². The van der Waals surface area contributed by atoms with Gasteiger partial charge in [-0.15, -0.1) is 0 Å². The molecule has 104 valence electrons. The number of benzene rings is 1. The van der Waals surface area contributed by atoms with Gasteiger partial charge in [-0.05, 0) is 36.3 Å². The van der Waals surface area contributed by atoms with E-state index in [0.29, 0.717) is 12.0 Å². The van der Waals surface area contributed by atoms with Crippen molar-refractivity contribution in [2.24, 2.45) is 0 Å². The molecule has 0 aliphatic rings. The van der Waals surface area contributed by atoms with Gasteiger partial charge in [0.1, 0.15) is 11.6 Å². The third-order valence-corrected chi connectivity index (χ3v) is 3.75. The summed E-state index contributed by atoms with van der Waals surface area (Å²) in [6.45, 7) is 11.9. The van der Waals surface area contributed by atoms with Crippen molar-refractivity contribution in [2.45, 2.75) is 66.2 Å². The van der Waals surface area contributed by atoms with Crippen LogP contribution in [-0.4, -0.2) is 0 Å². The van der Waals surface area contributed by atoms with Crippen molar-refractivity contribution in [1.29, 1.82) is 0 Å². The van der Waals surface area contributed by atoms with Crippen molar-refractivity contribution >= 4 is 0 Å². The zero-order valence-electron chi connectivity index (χ0n) is 12.5. The van der Waals surface area contributed by atoms with Crippen LogP contribution in [0.4, 0.5) is 8.78 Å². The van der Waals surface area contributed by atoms with Gasteiger partial charge in [0.2, 0.25) is 0 Å². The SMILES string of the molecule is CC.CCc1c(F)ccc(C(C)(CC)CC)c1F. The molecule has 0 bridgehead atoms. The van der Waals surface area contributed by atoms with Crippen LogP contribution in [0.2, 0.25) is 0 Å². The van der Waals surface area contributed by atoms with Crippen LogP contribution >= 0.6 is 0 Å². The van der Waals surface area contributed by atoms with E-state index in [1.807, 2.05) is 34.6 Å². The van der Waals surface area contributed by atoms with E-state index >= 15 is 0 Å². The summed E-state index contributed by atoms with van der Waals surface area (Å²) < 4.78 is 27.5. The van der Waals surface area contributed by atoms with Gasteiger partial charge in [0.05, 0.1) is 0 Å². The van der Waals surface area contributed by atoms with Crippen molar-refractivity contribution in [3.63, 3.8) is 0 Å². The molecule has 18 heavy (non-hydrogen) atoms. The van der Waals surface area contributed by atoms with E-state index in [2.05, 4.69) is 0 Å². The van der Waals surface area contributed by atoms with E-state index in [9.17, 15) is 8.78 Å². The maximum Gasteiger partial charge on any atom is 0.133 e. The topological polar surface area (TPSA) is 0 Å². The van der Waals surface area contributed by atoms with E-state index in [1.54, 1.807) is 13.0 Å². The molecule has 0 saturated carbocycles. The van der Waals surface area contributed by atoms with Gasteiger partial charge in [0.25, 0.3) is 0 Å². The van der Waals surface area contributed by atoms with Gasteiger partial charge in [-0.3, -0.25) is 0 Å². The predicted molar refractivity (Wildman–Crippen MR) is 75.0 cm³/mol. The molecule has 1 aromatic rings. The molecule has 0 aliphatic heterocycles. The van der Waals surface area contributed by atoms with Crippen LogP contribution in [0.25, 0.3) is 0 Å². The molecular weight excluding hydrogens is 230 g/mol. The van der Waals surface area contributed by atoms with Gasteiger partial charge in [0, 0.05) is 5.56 Å². The Morgan fingerprint density at radius 3 is 1.89 bits per heavy atom. The molecule has 0 aromatic heterocycles. The van der Waals surface area contributed by atoms with E-state index < -0.39 is 5.82 Å². The molecule has 0 amide bonds. The van der Waals surface area contributed by atoms with E-state index in [0.717, 1.165) is 12.8 Å². The highest BCUT2D eigenvalue weighted by atomic mass is 19.1. The van der Waals surface area contributed by atoms with Crippen molar-refractivity contribution < 1.29 is 8.78 Å². The average Bonchev–Trinajstić information content (AvgIpc) is 2.41. The minimum Gasteiger partial charge on any atom is -0.207 e. The van der Waals surface area contributed by atoms with Gasteiger partial charge in [-0.1, -0.05) is 47.6 Å². The Kier molecular flexibility index (Phi) is 7.12. The molecule has 0 spiro atoms. The lowest BCUT2D eigenvalue weighted by atomic mass is 9.77. The van der Waals surface area contributed by atoms with Gasteiger partial charge >= 0.3 is 0 Å². The molecule has 0 nitrogen and oxygen atoms in total. The van der Waals surface area contributed by atoms with Gasteiger partial charge in [0.15, 0.2) is 0 Å². The van der Waals surface area contributed by atoms with Crippen LogP contribution in [0.3, 0.4) is 0 Å². The summed E-state index contributed by atoms with van der Waals surface area (Å²) in [6.07, 6.45) is 2.11. The van der Waals surface area contributed by atoms with Gasteiger partial charge < -0.3 is 0 Å². The minimum absolute atomic E-state index is 0.193. The fourth-order valence-electron chi connectivity index (χ4n) is 2.02. The summed E-state index contributed by atoms with van der Waals surface area (Å²) in [6, 6.07) is 2.98. The third kappa shape index (κ3) is 3.30. The monoisotopic (exact) mass is 256 g/mol. The standard InChI is InChI=1S/C14H20F2.C2H6/c1-5-10-12(15)9-8-11(13(10)16)14(4,6-2)7-3;1-2/h8-9H,5-7H2,1-4H3;1-2H3. The first-order chi connectivity index (χ1) is 8.50. The first-order valence-electron chi connectivity index (χ1n) is 6.97. The van der Waals surface area contributed by atoms with Crippen LogP contribution in [0.1, 0.15) is 65.5 Å². The summed E-state index contributed by atoms with van der Waals surface area (Å²) in [5.41, 5.74) is 0.670. The molecular formula is C16H26F2. The Morgan fingerprint density at radius 2 is 1.50 bits per heavy atom. The lowest BCUT2D eigenvalue weighted by Crippen LogP contribution is -2.22. The van der Waals surface area contributed by atoms with Crippen molar-refractivity contribution in [3.8, 4) is 0 Å². The Bertz CT molecular complexity index is 366. The number of hydrogen-bond acceptors (Lipinski definition) is 0. The molecule has 0 fully saturated rings. The van der Waals surface area contributed by atoms with Crippen molar-refractivity contribution in [1.82, 2.24) is 0 Å². The molecule has 0 saturated heterocycles. The zero-order chi connectivity index (χ0) is 14.3. The van der Waals surface area contributed by atoms with Crippen LogP contribution in [0.15, 0.2) is 12.1 Å². The summed E-state index contributed by atoms with van der Waals surface area (Å²) in [5, 5.41) is 0.